The van der Waals surface area contributed by atoms with Gasteiger partial charge in [0.15, 0.2) is 0 Å². The van der Waals surface area contributed by atoms with Crippen molar-refractivity contribution in [2.45, 2.75) is 13.3 Å². The summed E-state index contributed by atoms with van der Waals surface area (Å²) in [5.41, 5.74) is 5.69. The number of para-hydroxylation sites is 1. The molecule has 6 heteroatoms. The first-order valence-electron chi connectivity index (χ1n) is 8.36. The fourth-order valence-electron chi connectivity index (χ4n) is 3.38. The maximum absolute atomic E-state index is 5.78. The van der Waals surface area contributed by atoms with Gasteiger partial charge in [-0.25, -0.2) is 9.67 Å². The summed E-state index contributed by atoms with van der Waals surface area (Å²) in [6.45, 7) is 3.61. The highest BCUT2D eigenvalue weighted by atomic mass is 16.5. The number of benzene rings is 1. The van der Waals surface area contributed by atoms with Gasteiger partial charge in [0.25, 0.3) is 0 Å². The Labute approximate surface area is 144 Å². The van der Waals surface area contributed by atoms with Crippen LogP contribution >= 0.6 is 0 Å². The highest BCUT2D eigenvalue weighted by Gasteiger charge is 2.23. The third kappa shape index (κ3) is 2.30. The fraction of sp³-hybridized carbons (Fsp3) is 0.211. The summed E-state index contributed by atoms with van der Waals surface area (Å²) >= 11 is 0. The summed E-state index contributed by atoms with van der Waals surface area (Å²) in [6, 6.07) is 14.1. The van der Waals surface area contributed by atoms with Crippen molar-refractivity contribution >= 4 is 21.9 Å². The van der Waals surface area contributed by atoms with E-state index in [-0.39, 0.29) is 6.35 Å². The number of nitrogens with zero attached hydrogens (tertiary/aromatic N) is 4. The van der Waals surface area contributed by atoms with Crippen LogP contribution in [0.25, 0.3) is 33.3 Å². The first kappa shape index (κ1) is 14.5. The van der Waals surface area contributed by atoms with E-state index in [2.05, 4.69) is 35.4 Å². The molecule has 1 aromatic carbocycles. The fourth-order valence-corrected chi connectivity index (χ4v) is 3.38. The molecule has 1 unspecified atom stereocenters. The van der Waals surface area contributed by atoms with Crippen LogP contribution in [0.4, 0.5) is 0 Å². The largest absolute Gasteiger partial charge is 0.342 e. The predicted molar refractivity (Wildman–Crippen MR) is 96.0 cm³/mol. The van der Waals surface area contributed by atoms with Crippen LogP contribution in [0.1, 0.15) is 11.9 Å². The maximum atomic E-state index is 5.78. The molecule has 1 aliphatic rings. The highest BCUT2D eigenvalue weighted by Crippen LogP contribution is 2.31. The van der Waals surface area contributed by atoms with Crippen molar-refractivity contribution in [3.8, 4) is 11.4 Å². The van der Waals surface area contributed by atoms with Gasteiger partial charge in [-0.3, -0.25) is 10.3 Å². The molecule has 0 saturated carbocycles. The van der Waals surface area contributed by atoms with Crippen LogP contribution in [-0.4, -0.2) is 32.9 Å². The van der Waals surface area contributed by atoms with Crippen molar-refractivity contribution in [1.82, 2.24) is 25.1 Å². The standard InChI is InChI=1S/C19H17N5O/c1-12-4-2-5-13-17(23-24(18(12)13)19-21-10-11-25-19)16-8-7-14-15(22-16)6-3-9-20-14/h2-9,19,21H,10-11H2,1H3. The lowest BCUT2D eigenvalue weighted by molar-refractivity contribution is 0.0381. The van der Waals surface area contributed by atoms with Gasteiger partial charge in [0.1, 0.15) is 5.69 Å². The van der Waals surface area contributed by atoms with Gasteiger partial charge in [-0.2, -0.15) is 5.10 Å². The van der Waals surface area contributed by atoms with E-state index in [1.54, 1.807) is 6.20 Å². The normalized spacial score (nSPS) is 17.6. The second-order valence-electron chi connectivity index (χ2n) is 6.18. The number of pyridine rings is 2. The van der Waals surface area contributed by atoms with Crippen LogP contribution in [0.15, 0.2) is 48.7 Å². The van der Waals surface area contributed by atoms with Crippen LogP contribution in [0.3, 0.4) is 0 Å². The monoisotopic (exact) mass is 331 g/mol. The topological polar surface area (TPSA) is 64.9 Å². The molecular weight excluding hydrogens is 314 g/mol. The Bertz CT molecular complexity index is 1080. The zero-order chi connectivity index (χ0) is 16.8. The number of nitrogens with one attached hydrogen (secondary N) is 1. The van der Waals surface area contributed by atoms with E-state index < -0.39 is 0 Å². The molecule has 1 fully saturated rings. The number of ether oxygens (including phenoxy) is 1. The maximum Gasteiger partial charge on any atom is 0.206 e. The molecule has 0 spiro atoms. The van der Waals surface area contributed by atoms with Crippen molar-refractivity contribution in [2.75, 3.05) is 13.2 Å². The number of aryl methyl sites for hydroxylation is 1. The molecule has 1 atom stereocenters. The summed E-state index contributed by atoms with van der Waals surface area (Å²) in [5, 5.41) is 9.27. The lowest BCUT2D eigenvalue weighted by Gasteiger charge is -2.12. The average molecular weight is 331 g/mol. The van der Waals surface area contributed by atoms with E-state index in [1.807, 2.05) is 28.9 Å². The van der Waals surface area contributed by atoms with E-state index in [0.717, 1.165) is 45.4 Å². The van der Waals surface area contributed by atoms with Crippen LogP contribution < -0.4 is 5.32 Å². The molecule has 0 radical (unpaired) electrons. The van der Waals surface area contributed by atoms with Gasteiger partial charge in [0.2, 0.25) is 6.35 Å². The Hall–Kier alpha value is -2.83. The molecule has 25 heavy (non-hydrogen) atoms. The van der Waals surface area contributed by atoms with Gasteiger partial charge < -0.3 is 4.74 Å². The van der Waals surface area contributed by atoms with Gasteiger partial charge in [-0.05, 0) is 36.8 Å². The summed E-state index contributed by atoms with van der Waals surface area (Å²) < 4.78 is 7.71. The minimum atomic E-state index is -0.237. The molecule has 0 bridgehead atoms. The lowest BCUT2D eigenvalue weighted by atomic mass is 10.1. The Morgan fingerprint density at radius 1 is 1.12 bits per heavy atom. The first-order valence-corrected chi connectivity index (χ1v) is 8.36. The summed E-state index contributed by atoms with van der Waals surface area (Å²) in [7, 11) is 0. The van der Waals surface area contributed by atoms with Crippen LogP contribution in [-0.2, 0) is 4.74 Å². The lowest BCUT2D eigenvalue weighted by Crippen LogP contribution is -2.22. The van der Waals surface area contributed by atoms with Gasteiger partial charge in [-0.1, -0.05) is 18.2 Å². The van der Waals surface area contributed by atoms with Crippen molar-refractivity contribution in [3.63, 3.8) is 0 Å². The van der Waals surface area contributed by atoms with Gasteiger partial charge in [0, 0.05) is 18.1 Å². The van der Waals surface area contributed by atoms with E-state index >= 15 is 0 Å². The van der Waals surface area contributed by atoms with Crippen LogP contribution in [0, 0.1) is 6.92 Å². The molecule has 3 aromatic heterocycles. The molecule has 0 aliphatic carbocycles. The minimum Gasteiger partial charge on any atom is -0.342 e. The Balaban J connectivity index is 1.76. The van der Waals surface area contributed by atoms with Crippen molar-refractivity contribution < 1.29 is 4.74 Å². The number of aromatic nitrogens is 4. The van der Waals surface area contributed by atoms with E-state index in [0.29, 0.717) is 6.61 Å². The molecule has 5 rings (SSSR count). The third-order valence-corrected chi connectivity index (χ3v) is 4.55. The SMILES string of the molecule is Cc1cccc2c(-c3ccc4ncccc4n3)nn(C3NCCO3)c12. The van der Waals surface area contributed by atoms with Crippen LogP contribution in [0.5, 0.6) is 0 Å². The molecule has 4 aromatic rings. The zero-order valence-electron chi connectivity index (χ0n) is 13.8. The molecule has 1 aliphatic heterocycles. The van der Waals surface area contributed by atoms with Gasteiger partial charge in [-0.15, -0.1) is 0 Å². The second kappa shape index (κ2) is 5.61. The number of hydrogen-bond donors (Lipinski definition) is 1. The average Bonchev–Trinajstić information content (AvgIpc) is 3.29. The molecule has 4 heterocycles. The van der Waals surface area contributed by atoms with Crippen molar-refractivity contribution in [1.29, 1.82) is 0 Å². The first-order chi connectivity index (χ1) is 12.3. The second-order valence-corrected chi connectivity index (χ2v) is 6.18. The molecule has 124 valence electrons. The predicted octanol–water partition coefficient (Wildman–Crippen LogP) is 3.03. The van der Waals surface area contributed by atoms with E-state index in [1.165, 1.54) is 0 Å². The number of hydrogen-bond acceptors (Lipinski definition) is 5. The smallest absolute Gasteiger partial charge is 0.206 e. The molecule has 6 nitrogen and oxygen atoms in total. The van der Waals surface area contributed by atoms with Crippen LogP contribution in [0.2, 0.25) is 0 Å². The molecule has 1 N–H and O–H groups in total. The van der Waals surface area contributed by atoms with E-state index in [4.69, 9.17) is 14.8 Å². The number of fused-ring (bicyclic) bond motifs is 2. The highest BCUT2D eigenvalue weighted by molar-refractivity contribution is 5.95. The van der Waals surface area contributed by atoms with Crippen molar-refractivity contribution in [2.24, 2.45) is 0 Å². The summed E-state index contributed by atoms with van der Waals surface area (Å²) in [4.78, 5) is 9.11. The summed E-state index contributed by atoms with van der Waals surface area (Å²) in [6.07, 6.45) is 1.54. The minimum absolute atomic E-state index is 0.237. The summed E-state index contributed by atoms with van der Waals surface area (Å²) in [5.74, 6) is 0. The molecular formula is C19H17N5O. The molecule has 0 amide bonds. The quantitative estimate of drug-likeness (QED) is 0.612. The van der Waals surface area contributed by atoms with Gasteiger partial charge in [0.05, 0.1) is 28.9 Å². The Morgan fingerprint density at radius 2 is 2.08 bits per heavy atom. The zero-order valence-corrected chi connectivity index (χ0v) is 13.8. The van der Waals surface area contributed by atoms with Crippen molar-refractivity contribution in [3.05, 3.63) is 54.2 Å². The van der Waals surface area contributed by atoms with Gasteiger partial charge >= 0.3 is 0 Å². The Morgan fingerprint density at radius 3 is 2.96 bits per heavy atom. The Kier molecular flexibility index (Phi) is 3.26. The molecule has 1 saturated heterocycles. The number of rotatable bonds is 2. The van der Waals surface area contributed by atoms with E-state index in [9.17, 15) is 0 Å². The third-order valence-electron chi connectivity index (χ3n) is 4.55.